The minimum absolute atomic E-state index is 0.290. The molecular formula is C10H13N3O3. The van der Waals surface area contributed by atoms with Crippen molar-refractivity contribution in [2.24, 2.45) is 0 Å². The molecule has 1 atom stereocenters. The molecule has 6 heteroatoms. The largest absolute Gasteiger partial charge is 0.479 e. The molecule has 1 fully saturated rings. The fourth-order valence-electron chi connectivity index (χ4n) is 1.53. The summed E-state index contributed by atoms with van der Waals surface area (Å²) < 4.78 is 5.12. The van der Waals surface area contributed by atoms with Crippen LogP contribution in [-0.4, -0.2) is 46.8 Å². The predicted octanol–water partition coefficient (Wildman–Crippen LogP) is 0.0748. The maximum Gasteiger partial charge on any atom is 0.334 e. The second-order valence-corrected chi connectivity index (χ2v) is 3.70. The molecule has 0 aromatic carbocycles. The van der Waals surface area contributed by atoms with Crippen molar-refractivity contribution in [3.05, 3.63) is 18.0 Å². The molecule has 0 spiro atoms. The third-order valence-electron chi connectivity index (χ3n) is 2.39. The van der Waals surface area contributed by atoms with Gasteiger partial charge in [-0.15, -0.1) is 0 Å². The van der Waals surface area contributed by atoms with Gasteiger partial charge >= 0.3 is 5.97 Å². The summed E-state index contributed by atoms with van der Waals surface area (Å²) >= 11 is 0. The normalized spacial score (nSPS) is 20.8. The Morgan fingerprint density at radius 3 is 2.88 bits per heavy atom. The summed E-state index contributed by atoms with van der Waals surface area (Å²) in [5, 5.41) is 8.85. The first-order chi connectivity index (χ1) is 7.66. The van der Waals surface area contributed by atoms with E-state index in [1.165, 1.54) is 0 Å². The minimum atomic E-state index is -0.947. The van der Waals surface area contributed by atoms with Crippen LogP contribution in [0.1, 0.15) is 5.56 Å². The number of carboxylic acid groups (broad SMARTS) is 1. The Hall–Kier alpha value is -1.69. The van der Waals surface area contributed by atoms with Gasteiger partial charge in [-0.2, -0.15) is 0 Å². The average Bonchev–Trinajstić information content (AvgIpc) is 2.30. The number of aromatic nitrogens is 2. The lowest BCUT2D eigenvalue weighted by Gasteiger charge is -2.30. The number of carbonyl (C=O) groups is 1. The fraction of sp³-hybridized carbons (Fsp3) is 0.500. The highest BCUT2D eigenvalue weighted by molar-refractivity contribution is 5.73. The van der Waals surface area contributed by atoms with Gasteiger partial charge in [0.05, 0.1) is 13.2 Å². The average molecular weight is 223 g/mol. The van der Waals surface area contributed by atoms with Gasteiger partial charge in [0.15, 0.2) is 6.10 Å². The lowest BCUT2D eigenvalue weighted by Crippen LogP contribution is -2.46. The van der Waals surface area contributed by atoms with Crippen LogP contribution < -0.4 is 4.90 Å². The van der Waals surface area contributed by atoms with Crippen molar-refractivity contribution in [1.82, 2.24) is 9.97 Å². The summed E-state index contributed by atoms with van der Waals surface area (Å²) in [4.78, 5) is 20.9. The molecule has 0 aliphatic carbocycles. The van der Waals surface area contributed by atoms with Crippen LogP contribution in [0.2, 0.25) is 0 Å². The summed E-state index contributed by atoms with van der Waals surface area (Å²) in [7, 11) is 0. The minimum Gasteiger partial charge on any atom is -0.479 e. The van der Waals surface area contributed by atoms with Crippen LogP contribution >= 0.6 is 0 Å². The molecule has 6 nitrogen and oxygen atoms in total. The standard InChI is InChI=1S/C10H13N3O3/c1-7-4-11-10(12-5-7)13-2-3-16-8(6-13)9(14)15/h4-5,8H,2-3,6H2,1H3,(H,14,15). The number of carboxylic acids is 1. The first-order valence-corrected chi connectivity index (χ1v) is 5.05. The molecule has 1 aliphatic rings. The first kappa shape index (κ1) is 10.8. The Bertz CT molecular complexity index is 379. The van der Waals surface area contributed by atoms with Gasteiger partial charge in [0.25, 0.3) is 0 Å². The number of rotatable bonds is 2. The summed E-state index contributed by atoms with van der Waals surface area (Å²) in [6, 6.07) is 0. The van der Waals surface area contributed by atoms with Crippen molar-refractivity contribution < 1.29 is 14.6 Å². The Morgan fingerprint density at radius 1 is 1.56 bits per heavy atom. The molecule has 16 heavy (non-hydrogen) atoms. The SMILES string of the molecule is Cc1cnc(N2CCOC(C(=O)O)C2)nc1. The molecule has 1 saturated heterocycles. The van der Waals surface area contributed by atoms with E-state index in [2.05, 4.69) is 9.97 Å². The molecule has 1 aromatic rings. The van der Waals surface area contributed by atoms with Crippen molar-refractivity contribution in [3.8, 4) is 0 Å². The molecule has 1 N–H and O–H groups in total. The molecule has 86 valence electrons. The number of hydrogen-bond donors (Lipinski definition) is 1. The van der Waals surface area contributed by atoms with E-state index in [1.807, 2.05) is 11.8 Å². The van der Waals surface area contributed by atoms with E-state index in [1.54, 1.807) is 12.4 Å². The van der Waals surface area contributed by atoms with E-state index in [0.29, 0.717) is 25.6 Å². The van der Waals surface area contributed by atoms with Gasteiger partial charge in [0, 0.05) is 18.9 Å². The Kier molecular flexibility index (Phi) is 3.00. The number of ether oxygens (including phenoxy) is 1. The third kappa shape index (κ3) is 2.27. The number of morpholine rings is 1. The molecule has 0 radical (unpaired) electrons. The van der Waals surface area contributed by atoms with Crippen LogP contribution in [0, 0.1) is 6.92 Å². The second kappa shape index (κ2) is 4.44. The Morgan fingerprint density at radius 2 is 2.25 bits per heavy atom. The zero-order valence-electron chi connectivity index (χ0n) is 8.96. The number of hydrogen-bond acceptors (Lipinski definition) is 5. The molecular weight excluding hydrogens is 210 g/mol. The highest BCUT2D eigenvalue weighted by Gasteiger charge is 2.27. The zero-order chi connectivity index (χ0) is 11.5. The molecule has 1 aromatic heterocycles. The quantitative estimate of drug-likeness (QED) is 0.765. The highest BCUT2D eigenvalue weighted by atomic mass is 16.5. The van der Waals surface area contributed by atoms with Gasteiger partial charge in [-0.3, -0.25) is 0 Å². The maximum atomic E-state index is 10.8. The summed E-state index contributed by atoms with van der Waals surface area (Å²) in [6.07, 6.45) is 2.64. The van der Waals surface area contributed by atoms with Crippen molar-refractivity contribution in [3.63, 3.8) is 0 Å². The zero-order valence-corrected chi connectivity index (χ0v) is 8.96. The highest BCUT2D eigenvalue weighted by Crippen LogP contribution is 2.12. The molecule has 1 aliphatic heterocycles. The van der Waals surface area contributed by atoms with Crippen LogP contribution in [0.5, 0.6) is 0 Å². The van der Waals surface area contributed by atoms with Crippen LogP contribution in [0.3, 0.4) is 0 Å². The Labute approximate surface area is 92.9 Å². The third-order valence-corrected chi connectivity index (χ3v) is 2.39. The summed E-state index contributed by atoms with van der Waals surface area (Å²) in [6.45, 7) is 3.20. The van der Waals surface area contributed by atoms with Gasteiger partial charge in [-0.25, -0.2) is 14.8 Å². The molecule has 2 rings (SSSR count). The monoisotopic (exact) mass is 223 g/mol. The summed E-state index contributed by atoms with van der Waals surface area (Å²) in [5.41, 5.74) is 0.979. The maximum absolute atomic E-state index is 10.8. The van der Waals surface area contributed by atoms with Crippen LogP contribution in [-0.2, 0) is 9.53 Å². The van der Waals surface area contributed by atoms with Gasteiger partial charge in [0.2, 0.25) is 5.95 Å². The van der Waals surface area contributed by atoms with Gasteiger partial charge in [-0.1, -0.05) is 0 Å². The van der Waals surface area contributed by atoms with Crippen molar-refractivity contribution in [2.75, 3.05) is 24.6 Å². The molecule has 2 heterocycles. The second-order valence-electron chi connectivity index (χ2n) is 3.70. The van der Waals surface area contributed by atoms with Gasteiger partial charge in [0.1, 0.15) is 0 Å². The van der Waals surface area contributed by atoms with Gasteiger partial charge in [-0.05, 0) is 12.5 Å². The molecule has 0 saturated carbocycles. The van der Waals surface area contributed by atoms with E-state index >= 15 is 0 Å². The van der Waals surface area contributed by atoms with E-state index < -0.39 is 12.1 Å². The number of aliphatic carboxylic acids is 1. The smallest absolute Gasteiger partial charge is 0.334 e. The van der Waals surface area contributed by atoms with Crippen LogP contribution in [0.4, 0.5) is 5.95 Å². The molecule has 0 amide bonds. The van der Waals surface area contributed by atoms with Gasteiger partial charge < -0.3 is 14.7 Å². The van der Waals surface area contributed by atoms with E-state index in [-0.39, 0.29) is 0 Å². The lowest BCUT2D eigenvalue weighted by atomic mass is 10.3. The van der Waals surface area contributed by atoms with Crippen molar-refractivity contribution >= 4 is 11.9 Å². The lowest BCUT2D eigenvalue weighted by molar-refractivity contribution is -0.150. The first-order valence-electron chi connectivity index (χ1n) is 5.05. The van der Waals surface area contributed by atoms with Crippen molar-refractivity contribution in [1.29, 1.82) is 0 Å². The van der Waals surface area contributed by atoms with Crippen LogP contribution in [0.25, 0.3) is 0 Å². The number of aryl methyl sites for hydroxylation is 1. The van der Waals surface area contributed by atoms with E-state index in [9.17, 15) is 4.79 Å². The molecule has 1 unspecified atom stereocenters. The topological polar surface area (TPSA) is 75.6 Å². The van der Waals surface area contributed by atoms with Crippen molar-refractivity contribution in [2.45, 2.75) is 13.0 Å². The molecule has 0 bridgehead atoms. The Balaban J connectivity index is 2.09. The summed E-state index contributed by atoms with van der Waals surface area (Å²) in [5.74, 6) is -0.392. The fourth-order valence-corrected chi connectivity index (χ4v) is 1.53. The number of anilines is 1. The number of nitrogens with zero attached hydrogens (tertiary/aromatic N) is 3. The van der Waals surface area contributed by atoms with E-state index in [4.69, 9.17) is 9.84 Å². The predicted molar refractivity (Wildman–Crippen MR) is 56.4 cm³/mol. The van der Waals surface area contributed by atoms with Crippen LogP contribution in [0.15, 0.2) is 12.4 Å². The van der Waals surface area contributed by atoms with E-state index in [0.717, 1.165) is 5.56 Å².